The molecule has 0 amide bonds. The van der Waals surface area contributed by atoms with E-state index in [0.717, 1.165) is 0 Å². The van der Waals surface area contributed by atoms with Crippen LogP contribution in [0.5, 0.6) is 0 Å². The fraction of sp³-hybridized carbons (Fsp3) is 0.375. The molecule has 0 fully saturated rings. The molecule has 0 bridgehead atoms. The first-order chi connectivity index (χ1) is 5.74. The fourth-order valence-electron chi connectivity index (χ4n) is 0.939. The highest BCUT2D eigenvalue weighted by Gasteiger charge is 2.15. The van der Waals surface area contributed by atoms with Crippen LogP contribution in [-0.2, 0) is 4.74 Å². The predicted molar refractivity (Wildman–Crippen MR) is 40.8 cm³/mol. The van der Waals surface area contributed by atoms with Crippen molar-refractivity contribution in [1.29, 1.82) is 0 Å². The number of hydrogen-bond donors (Lipinski definition) is 1. The fourth-order valence-corrected chi connectivity index (χ4v) is 0.939. The van der Waals surface area contributed by atoms with Crippen molar-refractivity contribution < 1.29 is 19.1 Å². The smallest absolute Gasteiger partial charge is 0.465 e. The minimum atomic E-state index is -1.28. The third kappa shape index (κ3) is 2.02. The SMILES string of the molecule is CCC(OC(=O)O)c1ccco1. The van der Waals surface area contributed by atoms with Gasteiger partial charge < -0.3 is 14.3 Å². The van der Waals surface area contributed by atoms with Crippen LogP contribution in [0.2, 0.25) is 0 Å². The van der Waals surface area contributed by atoms with Gasteiger partial charge in [0.15, 0.2) is 6.10 Å². The van der Waals surface area contributed by atoms with Crippen LogP contribution in [-0.4, -0.2) is 11.3 Å². The molecule has 1 aromatic heterocycles. The summed E-state index contributed by atoms with van der Waals surface area (Å²) in [5.41, 5.74) is 0. The molecule has 0 saturated carbocycles. The van der Waals surface area contributed by atoms with E-state index in [4.69, 9.17) is 9.52 Å². The number of carbonyl (C=O) groups is 1. The van der Waals surface area contributed by atoms with E-state index >= 15 is 0 Å². The van der Waals surface area contributed by atoms with Gasteiger partial charge in [-0.2, -0.15) is 0 Å². The molecule has 0 aliphatic rings. The topological polar surface area (TPSA) is 59.7 Å². The van der Waals surface area contributed by atoms with E-state index in [9.17, 15) is 4.79 Å². The number of furan rings is 1. The van der Waals surface area contributed by atoms with Crippen molar-refractivity contribution >= 4 is 6.16 Å². The maximum Gasteiger partial charge on any atom is 0.506 e. The molecular weight excluding hydrogens is 160 g/mol. The summed E-state index contributed by atoms with van der Waals surface area (Å²) in [5, 5.41) is 8.35. The number of ether oxygens (including phenoxy) is 1. The molecule has 0 aliphatic heterocycles. The molecule has 1 N–H and O–H groups in total. The molecule has 12 heavy (non-hydrogen) atoms. The highest BCUT2D eigenvalue weighted by atomic mass is 16.7. The first-order valence-corrected chi connectivity index (χ1v) is 3.67. The van der Waals surface area contributed by atoms with Gasteiger partial charge in [0, 0.05) is 0 Å². The molecule has 4 heteroatoms. The Balaban J connectivity index is 2.63. The monoisotopic (exact) mass is 170 g/mol. The summed E-state index contributed by atoms with van der Waals surface area (Å²) >= 11 is 0. The minimum absolute atomic E-state index is 0.488. The zero-order valence-electron chi connectivity index (χ0n) is 6.69. The molecule has 0 saturated heterocycles. The minimum Gasteiger partial charge on any atom is -0.465 e. The molecule has 66 valence electrons. The maximum atomic E-state index is 10.2. The van der Waals surface area contributed by atoms with Crippen molar-refractivity contribution in [3.8, 4) is 0 Å². The van der Waals surface area contributed by atoms with Crippen LogP contribution in [0.15, 0.2) is 22.8 Å². The lowest BCUT2D eigenvalue weighted by Gasteiger charge is -2.09. The molecule has 0 aliphatic carbocycles. The van der Waals surface area contributed by atoms with Crippen LogP contribution < -0.4 is 0 Å². The van der Waals surface area contributed by atoms with Crippen molar-refractivity contribution in [2.45, 2.75) is 19.4 Å². The predicted octanol–water partition coefficient (Wildman–Crippen LogP) is 2.43. The van der Waals surface area contributed by atoms with Crippen LogP contribution in [0.3, 0.4) is 0 Å². The normalized spacial score (nSPS) is 12.4. The first-order valence-electron chi connectivity index (χ1n) is 3.67. The Morgan fingerprint density at radius 2 is 2.58 bits per heavy atom. The van der Waals surface area contributed by atoms with Crippen LogP contribution in [0, 0.1) is 0 Å². The molecular formula is C8H10O4. The summed E-state index contributed by atoms with van der Waals surface area (Å²) in [4.78, 5) is 10.2. The lowest BCUT2D eigenvalue weighted by Crippen LogP contribution is -2.07. The van der Waals surface area contributed by atoms with Gasteiger partial charge in [0.2, 0.25) is 0 Å². The van der Waals surface area contributed by atoms with Crippen molar-refractivity contribution in [1.82, 2.24) is 0 Å². The quantitative estimate of drug-likeness (QED) is 0.707. The van der Waals surface area contributed by atoms with Crippen molar-refractivity contribution in [2.24, 2.45) is 0 Å². The second-order valence-electron chi connectivity index (χ2n) is 2.30. The Morgan fingerprint density at radius 3 is 3.00 bits per heavy atom. The number of hydrogen-bond acceptors (Lipinski definition) is 3. The summed E-state index contributed by atoms with van der Waals surface area (Å²) in [6.07, 6.45) is 0.291. The van der Waals surface area contributed by atoms with Gasteiger partial charge in [-0.05, 0) is 18.6 Å². The highest BCUT2D eigenvalue weighted by Crippen LogP contribution is 2.20. The third-order valence-electron chi connectivity index (χ3n) is 1.47. The van der Waals surface area contributed by atoms with Crippen molar-refractivity contribution in [3.05, 3.63) is 24.2 Å². The lowest BCUT2D eigenvalue weighted by atomic mass is 10.2. The molecule has 0 spiro atoms. The summed E-state index contributed by atoms with van der Waals surface area (Å²) in [5.74, 6) is 0.542. The molecule has 0 radical (unpaired) electrons. The van der Waals surface area contributed by atoms with Crippen LogP contribution in [0.1, 0.15) is 25.2 Å². The van der Waals surface area contributed by atoms with Crippen molar-refractivity contribution in [2.75, 3.05) is 0 Å². The van der Waals surface area contributed by atoms with Gasteiger partial charge in [-0.15, -0.1) is 0 Å². The highest BCUT2D eigenvalue weighted by molar-refractivity contribution is 5.57. The Labute approximate surface area is 69.8 Å². The Bertz CT molecular complexity index is 240. The van der Waals surface area contributed by atoms with Gasteiger partial charge in [0.25, 0.3) is 0 Å². The summed E-state index contributed by atoms with van der Waals surface area (Å²) in [6.45, 7) is 1.83. The molecule has 4 nitrogen and oxygen atoms in total. The average molecular weight is 170 g/mol. The zero-order chi connectivity index (χ0) is 8.97. The number of carboxylic acid groups (broad SMARTS) is 1. The summed E-state index contributed by atoms with van der Waals surface area (Å²) in [7, 11) is 0. The largest absolute Gasteiger partial charge is 0.506 e. The second kappa shape index (κ2) is 3.80. The van der Waals surface area contributed by atoms with Gasteiger partial charge in [-0.3, -0.25) is 0 Å². The van der Waals surface area contributed by atoms with E-state index in [1.54, 1.807) is 12.1 Å². The van der Waals surface area contributed by atoms with E-state index < -0.39 is 12.3 Å². The van der Waals surface area contributed by atoms with E-state index in [2.05, 4.69) is 4.74 Å². The van der Waals surface area contributed by atoms with Crippen LogP contribution in [0.25, 0.3) is 0 Å². The molecule has 1 heterocycles. The van der Waals surface area contributed by atoms with E-state index in [1.165, 1.54) is 6.26 Å². The summed E-state index contributed by atoms with van der Waals surface area (Å²) < 4.78 is 9.57. The van der Waals surface area contributed by atoms with Gasteiger partial charge in [-0.25, -0.2) is 4.79 Å². The van der Waals surface area contributed by atoms with Crippen molar-refractivity contribution in [3.63, 3.8) is 0 Å². The van der Waals surface area contributed by atoms with Crippen LogP contribution in [0.4, 0.5) is 4.79 Å². The second-order valence-corrected chi connectivity index (χ2v) is 2.30. The van der Waals surface area contributed by atoms with E-state index in [0.29, 0.717) is 12.2 Å². The van der Waals surface area contributed by atoms with Crippen LogP contribution >= 0.6 is 0 Å². The Kier molecular flexibility index (Phi) is 2.74. The van der Waals surface area contributed by atoms with E-state index in [1.807, 2.05) is 6.92 Å². The third-order valence-corrected chi connectivity index (χ3v) is 1.47. The zero-order valence-corrected chi connectivity index (χ0v) is 6.69. The van der Waals surface area contributed by atoms with Gasteiger partial charge >= 0.3 is 6.16 Å². The maximum absolute atomic E-state index is 10.2. The van der Waals surface area contributed by atoms with Gasteiger partial charge in [-0.1, -0.05) is 6.92 Å². The average Bonchev–Trinajstić information content (AvgIpc) is 2.51. The molecule has 1 atom stereocenters. The first kappa shape index (κ1) is 8.64. The molecule has 1 rings (SSSR count). The Hall–Kier alpha value is -1.45. The molecule has 0 aromatic carbocycles. The van der Waals surface area contributed by atoms with Gasteiger partial charge in [0.1, 0.15) is 5.76 Å². The molecule has 1 unspecified atom stereocenters. The Morgan fingerprint density at radius 1 is 1.83 bits per heavy atom. The standard InChI is InChI=1S/C8H10O4/c1-2-6(12-8(9)10)7-4-3-5-11-7/h3-6H,2H2,1H3,(H,9,10). The van der Waals surface area contributed by atoms with Gasteiger partial charge in [0.05, 0.1) is 6.26 Å². The molecule has 1 aromatic rings. The van der Waals surface area contributed by atoms with E-state index in [-0.39, 0.29) is 0 Å². The summed E-state index contributed by atoms with van der Waals surface area (Å²) in [6, 6.07) is 3.39. The lowest BCUT2D eigenvalue weighted by molar-refractivity contribution is 0.0402. The number of rotatable bonds is 3.